The molecule has 0 bridgehead atoms. The zero-order valence-electron chi connectivity index (χ0n) is 10.1. The Kier molecular flexibility index (Phi) is 5.46. The summed E-state index contributed by atoms with van der Waals surface area (Å²) in [6.45, 7) is 3.41. The van der Waals surface area contributed by atoms with Crippen molar-refractivity contribution in [2.75, 3.05) is 20.3 Å². The maximum atomic E-state index is 9.44. The topological polar surface area (TPSA) is 41.5 Å². The van der Waals surface area contributed by atoms with Gasteiger partial charge in [-0.25, -0.2) is 0 Å². The fraction of sp³-hybridized carbons (Fsp3) is 0.538. The van der Waals surface area contributed by atoms with Crippen molar-refractivity contribution in [3.8, 4) is 0 Å². The van der Waals surface area contributed by atoms with Gasteiger partial charge < -0.3 is 15.2 Å². The van der Waals surface area contributed by atoms with Crippen LogP contribution >= 0.6 is 0 Å². The van der Waals surface area contributed by atoms with Crippen LogP contribution in [0, 0.1) is 0 Å². The van der Waals surface area contributed by atoms with Gasteiger partial charge in [0.15, 0.2) is 0 Å². The lowest BCUT2D eigenvalue weighted by Crippen LogP contribution is -2.51. The Labute approximate surface area is 97.4 Å². The number of aliphatic hydroxyl groups is 1. The lowest BCUT2D eigenvalue weighted by Gasteiger charge is -2.31. The number of nitrogens with one attached hydrogen (secondary N) is 1. The highest BCUT2D eigenvalue weighted by atomic mass is 16.5. The third kappa shape index (κ3) is 3.59. The minimum atomic E-state index is -0.329. The largest absolute Gasteiger partial charge is 0.394 e. The summed E-state index contributed by atoms with van der Waals surface area (Å²) in [7, 11) is 1.66. The summed E-state index contributed by atoms with van der Waals surface area (Å²) < 4.78 is 5.16. The summed E-state index contributed by atoms with van der Waals surface area (Å²) in [5.41, 5.74) is 0.884. The Morgan fingerprint density at radius 3 is 2.50 bits per heavy atom. The molecule has 0 aliphatic carbocycles. The van der Waals surface area contributed by atoms with E-state index in [1.54, 1.807) is 7.11 Å². The van der Waals surface area contributed by atoms with Crippen LogP contribution in [0.3, 0.4) is 0 Å². The van der Waals surface area contributed by atoms with E-state index in [-0.39, 0.29) is 12.1 Å². The number of aliphatic hydroxyl groups excluding tert-OH is 1. The van der Waals surface area contributed by atoms with Crippen LogP contribution < -0.4 is 5.32 Å². The van der Waals surface area contributed by atoms with Crippen molar-refractivity contribution in [3.05, 3.63) is 35.9 Å². The number of hydrogen-bond acceptors (Lipinski definition) is 3. The summed E-state index contributed by atoms with van der Waals surface area (Å²) in [4.78, 5) is 0. The molecular weight excluding hydrogens is 202 g/mol. The second-order valence-corrected chi connectivity index (χ2v) is 4.06. The molecule has 90 valence electrons. The SMILES string of the molecule is CCC(CO)(COC)NCc1ccccc1. The molecule has 1 aromatic carbocycles. The van der Waals surface area contributed by atoms with Crippen LogP contribution in [0.15, 0.2) is 30.3 Å². The molecule has 0 heterocycles. The van der Waals surface area contributed by atoms with Gasteiger partial charge in [-0.15, -0.1) is 0 Å². The molecule has 0 saturated carbocycles. The monoisotopic (exact) mass is 223 g/mol. The van der Waals surface area contributed by atoms with E-state index >= 15 is 0 Å². The molecule has 1 aromatic rings. The molecule has 0 spiro atoms. The van der Waals surface area contributed by atoms with Gasteiger partial charge in [-0.1, -0.05) is 37.3 Å². The molecule has 0 aromatic heterocycles. The van der Waals surface area contributed by atoms with Crippen molar-refractivity contribution in [1.82, 2.24) is 5.32 Å². The average Bonchev–Trinajstić information content (AvgIpc) is 2.36. The number of ether oxygens (including phenoxy) is 1. The number of benzene rings is 1. The average molecular weight is 223 g/mol. The van der Waals surface area contributed by atoms with Gasteiger partial charge in [0, 0.05) is 13.7 Å². The lowest BCUT2D eigenvalue weighted by atomic mass is 9.98. The molecule has 3 nitrogen and oxygen atoms in total. The van der Waals surface area contributed by atoms with Crippen molar-refractivity contribution < 1.29 is 9.84 Å². The maximum absolute atomic E-state index is 9.44. The Bertz CT molecular complexity index is 283. The van der Waals surface area contributed by atoms with Crippen molar-refractivity contribution in [3.63, 3.8) is 0 Å². The first-order valence-electron chi connectivity index (χ1n) is 5.65. The lowest BCUT2D eigenvalue weighted by molar-refractivity contribution is 0.0584. The molecule has 0 amide bonds. The molecule has 1 atom stereocenters. The quantitative estimate of drug-likeness (QED) is 0.737. The molecule has 2 N–H and O–H groups in total. The zero-order chi connectivity index (χ0) is 11.9. The van der Waals surface area contributed by atoms with E-state index in [9.17, 15) is 5.11 Å². The van der Waals surface area contributed by atoms with Gasteiger partial charge >= 0.3 is 0 Å². The second kappa shape index (κ2) is 6.63. The summed E-state index contributed by atoms with van der Waals surface area (Å²) in [5.74, 6) is 0. The summed E-state index contributed by atoms with van der Waals surface area (Å²) in [6, 6.07) is 10.2. The van der Waals surface area contributed by atoms with E-state index in [4.69, 9.17) is 4.74 Å². The first-order chi connectivity index (χ1) is 7.76. The van der Waals surface area contributed by atoms with Gasteiger partial charge in [-0.05, 0) is 12.0 Å². The maximum Gasteiger partial charge on any atom is 0.0667 e. The fourth-order valence-electron chi connectivity index (χ4n) is 1.65. The molecule has 16 heavy (non-hydrogen) atoms. The van der Waals surface area contributed by atoms with Gasteiger partial charge in [0.1, 0.15) is 0 Å². The van der Waals surface area contributed by atoms with Crippen molar-refractivity contribution in [1.29, 1.82) is 0 Å². The summed E-state index contributed by atoms with van der Waals surface area (Å²) in [5, 5.41) is 12.8. The predicted molar refractivity (Wildman–Crippen MR) is 65.3 cm³/mol. The van der Waals surface area contributed by atoms with Crippen molar-refractivity contribution in [2.24, 2.45) is 0 Å². The minimum absolute atomic E-state index is 0.0875. The van der Waals surface area contributed by atoms with Crippen LogP contribution in [0.4, 0.5) is 0 Å². The standard InChI is InChI=1S/C13H21NO2/c1-3-13(10-15,11-16-2)14-9-12-7-5-4-6-8-12/h4-8,14-15H,3,9-11H2,1-2H3. The van der Waals surface area contributed by atoms with Gasteiger partial charge in [-0.2, -0.15) is 0 Å². The molecule has 0 fully saturated rings. The molecule has 0 radical (unpaired) electrons. The highest BCUT2D eigenvalue weighted by Crippen LogP contribution is 2.11. The van der Waals surface area contributed by atoms with Crippen molar-refractivity contribution in [2.45, 2.75) is 25.4 Å². The van der Waals surface area contributed by atoms with E-state index in [1.165, 1.54) is 5.56 Å². The molecule has 1 rings (SSSR count). The highest BCUT2D eigenvalue weighted by molar-refractivity contribution is 5.14. The Morgan fingerprint density at radius 1 is 1.31 bits per heavy atom. The van der Waals surface area contributed by atoms with Gasteiger partial charge in [0.2, 0.25) is 0 Å². The van der Waals surface area contributed by atoms with Crippen LogP contribution in [-0.2, 0) is 11.3 Å². The second-order valence-electron chi connectivity index (χ2n) is 4.06. The first kappa shape index (κ1) is 13.2. The zero-order valence-corrected chi connectivity index (χ0v) is 10.1. The Morgan fingerprint density at radius 2 is 2.00 bits per heavy atom. The number of hydrogen-bond donors (Lipinski definition) is 2. The third-order valence-electron chi connectivity index (χ3n) is 2.91. The van der Waals surface area contributed by atoms with Crippen LogP contribution in [0.25, 0.3) is 0 Å². The van der Waals surface area contributed by atoms with Gasteiger partial charge in [-0.3, -0.25) is 0 Å². The van der Waals surface area contributed by atoms with E-state index in [1.807, 2.05) is 25.1 Å². The highest BCUT2D eigenvalue weighted by Gasteiger charge is 2.26. The number of rotatable bonds is 7. The van der Waals surface area contributed by atoms with Gasteiger partial charge in [0.25, 0.3) is 0 Å². The third-order valence-corrected chi connectivity index (χ3v) is 2.91. The van der Waals surface area contributed by atoms with Crippen LogP contribution in [0.1, 0.15) is 18.9 Å². The van der Waals surface area contributed by atoms with E-state index in [0.29, 0.717) is 6.61 Å². The normalized spacial score (nSPS) is 14.7. The minimum Gasteiger partial charge on any atom is -0.394 e. The molecule has 0 aliphatic rings. The van der Waals surface area contributed by atoms with E-state index in [0.717, 1.165) is 13.0 Å². The van der Waals surface area contributed by atoms with E-state index in [2.05, 4.69) is 17.4 Å². The summed E-state index contributed by atoms with van der Waals surface area (Å²) in [6.07, 6.45) is 0.837. The van der Waals surface area contributed by atoms with Gasteiger partial charge in [0.05, 0.1) is 18.8 Å². The number of methoxy groups -OCH3 is 1. The summed E-state index contributed by atoms with van der Waals surface area (Å²) >= 11 is 0. The van der Waals surface area contributed by atoms with E-state index < -0.39 is 0 Å². The smallest absolute Gasteiger partial charge is 0.0667 e. The molecule has 3 heteroatoms. The molecular formula is C13H21NO2. The molecule has 0 saturated heterocycles. The fourth-order valence-corrected chi connectivity index (χ4v) is 1.65. The Hall–Kier alpha value is -0.900. The van der Waals surface area contributed by atoms with Crippen molar-refractivity contribution >= 4 is 0 Å². The first-order valence-corrected chi connectivity index (χ1v) is 5.65. The molecule has 0 aliphatic heterocycles. The van der Waals surface area contributed by atoms with Crippen LogP contribution in [0.5, 0.6) is 0 Å². The van der Waals surface area contributed by atoms with Crippen LogP contribution in [0.2, 0.25) is 0 Å². The molecule has 1 unspecified atom stereocenters. The Balaban J connectivity index is 2.56. The van der Waals surface area contributed by atoms with Crippen LogP contribution in [-0.4, -0.2) is 31.0 Å². The predicted octanol–water partition coefficient (Wildman–Crippen LogP) is 1.56.